The van der Waals surface area contributed by atoms with Crippen LogP contribution < -0.4 is 5.19 Å². The molecular weight excluding hydrogens is 272 g/mol. The van der Waals surface area contributed by atoms with E-state index in [0.717, 1.165) is 29.0 Å². The van der Waals surface area contributed by atoms with Crippen LogP contribution in [0.25, 0.3) is 5.57 Å². The van der Waals surface area contributed by atoms with Crippen molar-refractivity contribution in [2.75, 3.05) is 0 Å². The average molecular weight is 294 g/mol. The predicted octanol–water partition coefficient (Wildman–Crippen LogP) is 4.27. The summed E-state index contributed by atoms with van der Waals surface area (Å²) >= 11 is 0. The summed E-state index contributed by atoms with van der Waals surface area (Å²) < 4.78 is 0. The first-order valence-corrected chi connectivity index (χ1v) is 10.5. The van der Waals surface area contributed by atoms with Gasteiger partial charge in [-0.3, -0.25) is 4.79 Å². The molecule has 0 amide bonds. The largest absolute Gasteiger partial charge is 0.298 e. The number of hydrogen-bond acceptors (Lipinski definition) is 1. The van der Waals surface area contributed by atoms with E-state index in [0.29, 0.717) is 0 Å². The molecule has 0 radical (unpaired) electrons. The topological polar surface area (TPSA) is 17.1 Å². The van der Waals surface area contributed by atoms with Crippen LogP contribution in [0.2, 0.25) is 19.1 Å². The molecule has 2 heteroatoms. The minimum absolute atomic E-state index is 0.876. The third kappa shape index (κ3) is 3.79. The Morgan fingerprint density at radius 1 is 0.952 bits per heavy atom. The molecule has 0 aliphatic heterocycles. The van der Waals surface area contributed by atoms with Crippen molar-refractivity contribution in [3.63, 3.8) is 0 Å². The maximum absolute atomic E-state index is 11.6. The quantitative estimate of drug-likeness (QED) is 0.457. The van der Waals surface area contributed by atoms with E-state index in [4.69, 9.17) is 0 Å². The Bertz CT molecular complexity index is 627. The molecule has 108 valence electrons. The normalized spacial score (nSPS) is 12.7. The molecule has 0 fully saturated rings. The van der Waals surface area contributed by atoms with E-state index < -0.39 is 8.07 Å². The van der Waals surface area contributed by atoms with Gasteiger partial charge < -0.3 is 0 Å². The fourth-order valence-electron chi connectivity index (χ4n) is 2.60. The molecular formula is C19H22OSi. The first-order valence-electron chi connectivity index (χ1n) is 7.30. The first-order chi connectivity index (χ1) is 10.0. The molecule has 0 bridgehead atoms. The molecule has 0 saturated carbocycles. The first kappa shape index (κ1) is 15.5. The van der Waals surface area contributed by atoms with E-state index in [-0.39, 0.29) is 0 Å². The van der Waals surface area contributed by atoms with Crippen LogP contribution in [0.3, 0.4) is 0 Å². The van der Waals surface area contributed by atoms with Crippen LogP contribution in [0.4, 0.5) is 0 Å². The predicted molar refractivity (Wildman–Crippen MR) is 93.5 cm³/mol. The molecule has 0 aromatic heterocycles. The molecule has 2 aromatic carbocycles. The highest BCUT2D eigenvalue weighted by Crippen LogP contribution is 2.24. The minimum Gasteiger partial charge on any atom is -0.298 e. The van der Waals surface area contributed by atoms with Gasteiger partial charge in [-0.1, -0.05) is 78.9 Å². The average Bonchev–Trinajstić information content (AvgIpc) is 2.53. The molecule has 2 rings (SSSR count). The highest BCUT2D eigenvalue weighted by atomic mass is 28.3. The third-order valence-corrected chi connectivity index (χ3v) is 7.18. The van der Waals surface area contributed by atoms with Gasteiger partial charge in [-0.25, -0.2) is 0 Å². The summed E-state index contributed by atoms with van der Waals surface area (Å²) in [4.78, 5) is 11.6. The smallest absolute Gasteiger partial charge is 0.146 e. The lowest BCUT2D eigenvalue weighted by atomic mass is 10.0. The van der Waals surface area contributed by atoms with Gasteiger partial charge >= 0.3 is 0 Å². The summed E-state index contributed by atoms with van der Waals surface area (Å²) in [5.41, 5.74) is 3.17. The van der Waals surface area contributed by atoms with Gasteiger partial charge in [0.2, 0.25) is 0 Å². The molecule has 0 spiro atoms. The number of hydrogen-bond donors (Lipinski definition) is 0. The zero-order valence-corrected chi connectivity index (χ0v) is 14.0. The van der Waals surface area contributed by atoms with Gasteiger partial charge in [-0.2, -0.15) is 0 Å². The molecule has 0 saturated heterocycles. The van der Waals surface area contributed by atoms with Gasteiger partial charge in [0.05, 0.1) is 8.07 Å². The fraction of sp³-hybridized carbons (Fsp3) is 0.211. The highest BCUT2D eigenvalue weighted by Gasteiger charge is 2.25. The van der Waals surface area contributed by atoms with E-state index in [1.807, 2.05) is 24.3 Å². The van der Waals surface area contributed by atoms with Gasteiger partial charge in [0.1, 0.15) is 6.29 Å². The van der Waals surface area contributed by atoms with Crippen molar-refractivity contribution in [1.29, 1.82) is 0 Å². The summed E-state index contributed by atoms with van der Waals surface area (Å²) in [6, 6.07) is 21.6. The van der Waals surface area contributed by atoms with Crippen molar-refractivity contribution in [2.45, 2.75) is 26.1 Å². The van der Waals surface area contributed by atoms with Crippen LogP contribution in [0.1, 0.15) is 12.5 Å². The number of aldehydes is 1. The van der Waals surface area contributed by atoms with Crippen molar-refractivity contribution in [3.8, 4) is 0 Å². The Morgan fingerprint density at radius 2 is 1.48 bits per heavy atom. The second-order valence-electron chi connectivity index (χ2n) is 6.06. The number of allylic oxidation sites excluding steroid dienone is 2. The molecule has 0 N–H and O–H groups in total. The summed E-state index contributed by atoms with van der Waals surface area (Å²) in [6.45, 7) is 6.70. The van der Waals surface area contributed by atoms with Gasteiger partial charge in [0.15, 0.2) is 0 Å². The highest BCUT2D eigenvalue weighted by molar-refractivity contribution is 6.90. The van der Waals surface area contributed by atoms with Crippen LogP contribution in [0.5, 0.6) is 0 Å². The maximum Gasteiger partial charge on any atom is 0.146 e. The summed E-state index contributed by atoms with van der Waals surface area (Å²) in [6.07, 6.45) is 1.04. The number of carbonyl (C=O) groups is 1. The Kier molecular flexibility index (Phi) is 4.92. The van der Waals surface area contributed by atoms with Crippen molar-refractivity contribution >= 4 is 25.1 Å². The number of carbonyl (C=O) groups excluding carboxylic acids is 1. The molecule has 0 aliphatic carbocycles. The van der Waals surface area contributed by atoms with Crippen molar-refractivity contribution in [2.24, 2.45) is 0 Å². The van der Waals surface area contributed by atoms with Crippen molar-refractivity contribution in [1.82, 2.24) is 0 Å². The summed E-state index contributed by atoms with van der Waals surface area (Å²) in [5.74, 6) is 0. The van der Waals surface area contributed by atoms with Gasteiger partial charge in [-0.15, -0.1) is 0 Å². The Hall–Kier alpha value is -1.93. The van der Waals surface area contributed by atoms with Crippen LogP contribution in [-0.2, 0) is 4.79 Å². The summed E-state index contributed by atoms with van der Waals surface area (Å²) in [5, 5.41) is 1.39. The van der Waals surface area contributed by atoms with Crippen molar-refractivity contribution in [3.05, 3.63) is 71.8 Å². The van der Waals surface area contributed by atoms with Gasteiger partial charge in [0, 0.05) is 0 Å². The fourth-order valence-corrected chi connectivity index (χ4v) is 5.20. The van der Waals surface area contributed by atoms with E-state index in [2.05, 4.69) is 56.4 Å². The maximum atomic E-state index is 11.6. The lowest BCUT2D eigenvalue weighted by molar-refractivity contribution is -0.104. The molecule has 0 unspecified atom stereocenters. The van der Waals surface area contributed by atoms with Crippen LogP contribution in [0, 0.1) is 0 Å². The SMILES string of the molecule is C/C(=C(\C=O)C[Si](C)(C)c1ccccc1)c1ccccc1. The molecule has 1 nitrogen and oxygen atoms in total. The van der Waals surface area contributed by atoms with Gasteiger partial charge in [-0.05, 0) is 29.7 Å². The lowest BCUT2D eigenvalue weighted by Crippen LogP contribution is -2.41. The monoisotopic (exact) mass is 294 g/mol. The minimum atomic E-state index is -1.65. The molecule has 0 atom stereocenters. The zero-order chi connectivity index (χ0) is 15.3. The zero-order valence-electron chi connectivity index (χ0n) is 13.0. The van der Waals surface area contributed by atoms with E-state index in [9.17, 15) is 4.79 Å². The van der Waals surface area contributed by atoms with Crippen LogP contribution in [0.15, 0.2) is 66.2 Å². The van der Waals surface area contributed by atoms with Crippen LogP contribution >= 0.6 is 0 Å². The van der Waals surface area contributed by atoms with Gasteiger partial charge in [0.25, 0.3) is 0 Å². The lowest BCUT2D eigenvalue weighted by Gasteiger charge is -2.24. The van der Waals surface area contributed by atoms with Crippen molar-refractivity contribution < 1.29 is 4.79 Å². The summed E-state index contributed by atoms with van der Waals surface area (Å²) in [7, 11) is -1.65. The van der Waals surface area contributed by atoms with E-state index in [1.165, 1.54) is 5.19 Å². The molecule has 21 heavy (non-hydrogen) atoms. The number of benzene rings is 2. The Morgan fingerprint density at radius 3 is 2.00 bits per heavy atom. The Labute approximate surface area is 128 Å². The van der Waals surface area contributed by atoms with Crippen LogP contribution in [-0.4, -0.2) is 14.4 Å². The second-order valence-corrected chi connectivity index (χ2v) is 10.8. The van der Waals surface area contributed by atoms with E-state index in [1.54, 1.807) is 0 Å². The standard InChI is InChI=1S/C19H22OSi/c1-16(17-10-6-4-7-11-17)18(14-20)15-21(2,3)19-12-8-5-9-13-19/h4-14H,15H2,1-3H3/b18-16-. The van der Waals surface area contributed by atoms with E-state index >= 15 is 0 Å². The Balaban J connectivity index is 2.33. The third-order valence-electron chi connectivity index (χ3n) is 4.02. The molecule has 2 aromatic rings. The number of rotatable bonds is 5. The molecule has 0 aliphatic rings. The molecule has 0 heterocycles. The second kappa shape index (κ2) is 6.68.